The predicted octanol–water partition coefficient (Wildman–Crippen LogP) is 3.34. The summed E-state index contributed by atoms with van der Waals surface area (Å²) in [5.41, 5.74) is 2.95. The first-order valence-corrected chi connectivity index (χ1v) is 8.70. The number of aromatic nitrogens is 2. The molecule has 0 radical (unpaired) electrons. The van der Waals surface area contributed by atoms with E-state index in [-0.39, 0.29) is 33.5 Å². The monoisotopic (exact) mass is 387 g/mol. The summed E-state index contributed by atoms with van der Waals surface area (Å²) in [6, 6.07) is 3.15. The molecule has 1 aromatic carbocycles. The molecule has 2 aromatic rings. The van der Waals surface area contributed by atoms with Crippen LogP contribution in [0, 0.1) is 18.2 Å². The normalized spacial score (nSPS) is 13.6. The molecule has 0 fully saturated rings. The smallest absolute Gasteiger partial charge is 0.275 e. The predicted molar refractivity (Wildman–Crippen MR) is 94.7 cm³/mol. The molecule has 0 atom stereocenters. The van der Waals surface area contributed by atoms with E-state index >= 15 is 0 Å². The molecular weight excluding hydrogens is 376 g/mol. The lowest BCUT2D eigenvalue weighted by atomic mass is 10.2. The highest BCUT2D eigenvalue weighted by Gasteiger charge is 2.30. The zero-order chi connectivity index (χ0) is 19.7. The second-order valence-corrected chi connectivity index (χ2v) is 6.21. The summed E-state index contributed by atoms with van der Waals surface area (Å²) in [7, 11) is 0. The van der Waals surface area contributed by atoms with Gasteiger partial charge in [0.05, 0.1) is 6.57 Å². The van der Waals surface area contributed by atoms with E-state index in [4.69, 9.17) is 6.57 Å². The molecule has 1 N–H and O–H groups in total. The van der Waals surface area contributed by atoms with Crippen LogP contribution in [-0.2, 0) is 9.59 Å². The molecule has 0 aliphatic carbocycles. The third-order valence-corrected chi connectivity index (χ3v) is 4.32. The molecular formula is C17H11F2N5O2S. The lowest BCUT2D eigenvalue weighted by Gasteiger charge is -2.18. The molecule has 0 saturated carbocycles. The van der Waals surface area contributed by atoms with Crippen molar-refractivity contribution in [2.45, 2.75) is 11.9 Å². The number of carbonyl (C=O) groups is 2. The summed E-state index contributed by atoms with van der Waals surface area (Å²) in [6.45, 7) is 8.84. The molecule has 136 valence electrons. The quantitative estimate of drug-likeness (QED) is 0.375. The number of amides is 2. The summed E-state index contributed by atoms with van der Waals surface area (Å²) < 4.78 is 26.8. The van der Waals surface area contributed by atoms with Gasteiger partial charge in [-0.3, -0.25) is 15.0 Å². The Labute approximate surface area is 156 Å². The molecule has 27 heavy (non-hydrogen) atoms. The van der Waals surface area contributed by atoms with Gasteiger partial charge in [-0.15, -0.1) is 11.8 Å². The lowest BCUT2D eigenvalue weighted by Crippen LogP contribution is -2.36. The molecule has 3 rings (SSSR count). The van der Waals surface area contributed by atoms with Crippen molar-refractivity contribution < 1.29 is 18.4 Å². The van der Waals surface area contributed by atoms with E-state index in [1.807, 2.05) is 0 Å². The van der Waals surface area contributed by atoms with Gasteiger partial charge in [-0.1, -0.05) is 0 Å². The van der Waals surface area contributed by atoms with Gasteiger partial charge in [0, 0.05) is 17.2 Å². The van der Waals surface area contributed by atoms with Gasteiger partial charge in [0.2, 0.25) is 0 Å². The van der Waals surface area contributed by atoms with Gasteiger partial charge < -0.3 is 0 Å². The van der Waals surface area contributed by atoms with Gasteiger partial charge in [0.1, 0.15) is 5.03 Å². The molecule has 0 unspecified atom stereocenters. The van der Waals surface area contributed by atoms with Crippen LogP contribution in [0.1, 0.15) is 6.92 Å². The summed E-state index contributed by atoms with van der Waals surface area (Å²) in [5.74, 6) is -3.35. The highest BCUT2D eigenvalue weighted by Crippen LogP contribution is 2.35. The van der Waals surface area contributed by atoms with E-state index in [9.17, 15) is 18.4 Å². The number of rotatable bonds is 4. The average Bonchev–Trinajstić information content (AvgIpc) is 2.89. The van der Waals surface area contributed by atoms with Crippen LogP contribution >= 0.6 is 11.8 Å². The molecule has 7 nitrogen and oxygen atoms in total. The number of thioether (sulfide) groups is 1. The van der Waals surface area contributed by atoms with Crippen LogP contribution < -0.4 is 5.43 Å². The van der Waals surface area contributed by atoms with Gasteiger partial charge in [-0.2, -0.15) is 5.01 Å². The maximum atomic E-state index is 13.6. The van der Waals surface area contributed by atoms with Crippen molar-refractivity contribution in [2.24, 2.45) is 0 Å². The molecule has 2 amide bonds. The number of nitrogens with one attached hydrogen (secondary N) is 1. The maximum absolute atomic E-state index is 13.6. The van der Waals surface area contributed by atoms with Crippen molar-refractivity contribution >= 4 is 35.1 Å². The Hall–Kier alpha value is -3.32. The molecule has 0 saturated heterocycles. The van der Waals surface area contributed by atoms with Crippen LogP contribution in [0.25, 0.3) is 16.2 Å². The number of hydrogen-bond donors (Lipinski definition) is 1. The van der Waals surface area contributed by atoms with Crippen LogP contribution in [0.15, 0.2) is 34.9 Å². The van der Waals surface area contributed by atoms with Crippen molar-refractivity contribution in [1.82, 2.24) is 15.0 Å². The first-order chi connectivity index (χ1) is 12.8. The SMILES string of the molecule is [C-]#[N+]c1c(NN2C(=O)C=C(C)C2=O)nc(-c2ccc(F)c(F)c2)nc1SC. The Morgan fingerprint density at radius 1 is 1.22 bits per heavy atom. The van der Waals surface area contributed by atoms with E-state index in [1.165, 1.54) is 13.0 Å². The molecule has 10 heteroatoms. The van der Waals surface area contributed by atoms with E-state index in [2.05, 4.69) is 20.2 Å². The Morgan fingerprint density at radius 2 is 1.96 bits per heavy atom. The van der Waals surface area contributed by atoms with Crippen molar-refractivity contribution in [2.75, 3.05) is 11.7 Å². The fourth-order valence-electron chi connectivity index (χ4n) is 2.32. The molecule has 0 bridgehead atoms. The Bertz CT molecular complexity index is 1050. The molecule has 1 aromatic heterocycles. The van der Waals surface area contributed by atoms with Crippen LogP contribution in [0.2, 0.25) is 0 Å². The summed E-state index contributed by atoms with van der Waals surface area (Å²) >= 11 is 1.14. The zero-order valence-corrected chi connectivity index (χ0v) is 14.9. The van der Waals surface area contributed by atoms with Crippen molar-refractivity contribution in [1.29, 1.82) is 0 Å². The van der Waals surface area contributed by atoms with Crippen LogP contribution in [0.4, 0.5) is 20.3 Å². The van der Waals surface area contributed by atoms with Crippen LogP contribution in [0.3, 0.4) is 0 Å². The minimum absolute atomic E-state index is 0.000938. The van der Waals surface area contributed by atoms with Gasteiger partial charge in [-0.05, 0) is 31.4 Å². The number of anilines is 1. The highest BCUT2D eigenvalue weighted by atomic mass is 32.2. The first kappa shape index (κ1) is 18.5. The Balaban J connectivity index is 2.09. The topological polar surface area (TPSA) is 79.5 Å². The average molecular weight is 387 g/mol. The van der Waals surface area contributed by atoms with Crippen molar-refractivity contribution in [3.8, 4) is 11.4 Å². The third kappa shape index (κ3) is 3.37. The first-order valence-electron chi connectivity index (χ1n) is 7.48. The van der Waals surface area contributed by atoms with Crippen molar-refractivity contribution in [3.63, 3.8) is 0 Å². The number of hydrogen-bond acceptors (Lipinski definition) is 6. The summed E-state index contributed by atoms with van der Waals surface area (Å²) in [5, 5.41) is 0.983. The van der Waals surface area contributed by atoms with E-state index in [1.54, 1.807) is 6.26 Å². The summed E-state index contributed by atoms with van der Waals surface area (Å²) in [6.07, 6.45) is 2.83. The molecule has 1 aliphatic heterocycles. The fraction of sp³-hybridized carbons (Fsp3) is 0.118. The number of imide groups is 1. The number of halogens is 2. The largest absolute Gasteiger partial charge is 0.281 e. The third-order valence-electron chi connectivity index (χ3n) is 3.65. The maximum Gasteiger partial charge on any atom is 0.275 e. The molecule has 2 heterocycles. The van der Waals surface area contributed by atoms with Crippen LogP contribution in [-0.4, -0.2) is 33.0 Å². The van der Waals surface area contributed by atoms with E-state index in [0.717, 1.165) is 35.0 Å². The minimum atomic E-state index is -1.07. The Kier molecular flexibility index (Phi) is 4.87. The van der Waals surface area contributed by atoms with Gasteiger partial charge in [0.15, 0.2) is 23.3 Å². The zero-order valence-electron chi connectivity index (χ0n) is 14.1. The standard InChI is InChI=1S/C17H11F2N5O2S/c1-8-6-12(25)24(17(8)26)23-15-13(20-2)16(27-3)22-14(21-15)9-4-5-10(18)11(19)7-9/h4-7H,1,3H3,(H,21,22,23). The number of carbonyl (C=O) groups excluding carboxylic acids is 2. The molecule has 0 spiro atoms. The van der Waals surface area contributed by atoms with Gasteiger partial charge >= 0.3 is 0 Å². The highest BCUT2D eigenvalue weighted by molar-refractivity contribution is 7.98. The lowest BCUT2D eigenvalue weighted by molar-refractivity contribution is -0.135. The van der Waals surface area contributed by atoms with Crippen LogP contribution in [0.5, 0.6) is 0 Å². The second kappa shape index (κ2) is 7.13. The van der Waals surface area contributed by atoms with Crippen molar-refractivity contribution in [3.05, 3.63) is 52.9 Å². The fourth-order valence-corrected chi connectivity index (χ4v) is 2.83. The number of hydrazine groups is 1. The van der Waals surface area contributed by atoms with E-state index in [0.29, 0.717) is 0 Å². The molecule has 1 aliphatic rings. The second-order valence-electron chi connectivity index (χ2n) is 5.41. The Morgan fingerprint density at radius 3 is 2.52 bits per heavy atom. The van der Waals surface area contributed by atoms with Gasteiger partial charge in [-0.25, -0.2) is 23.6 Å². The number of nitrogens with zero attached hydrogens (tertiary/aromatic N) is 4. The van der Waals surface area contributed by atoms with Gasteiger partial charge in [0.25, 0.3) is 17.5 Å². The minimum Gasteiger partial charge on any atom is -0.281 e. The van der Waals surface area contributed by atoms with E-state index < -0.39 is 23.4 Å². The number of benzene rings is 1. The summed E-state index contributed by atoms with van der Waals surface area (Å²) in [4.78, 5) is 35.7.